The van der Waals surface area contributed by atoms with Crippen LogP contribution >= 0.6 is 23.8 Å². The molecular formula is C127H210O4P3Pd3+3. The van der Waals surface area contributed by atoms with Gasteiger partial charge in [0.1, 0.15) is 21.7 Å². The zero-order valence-corrected chi connectivity index (χ0v) is 102. The predicted molar refractivity (Wildman–Crippen MR) is 619 cm³/mol. The van der Waals surface area contributed by atoms with Gasteiger partial charge in [-0.2, -0.15) is 0 Å². The van der Waals surface area contributed by atoms with E-state index < -0.39 is 23.8 Å². The summed E-state index contributed by atoms with van der Waals surface area (Å²) < 4.78 is 25.2. The van der Waals surface area contributed by atoms with Crippen molar-refractivity contribution < 1.29 is 80.2 Å². The second-order valence-corrected chi connectivity index (χ2v) is 52.0. The van der Waals surface area contributed by atoms with Gasteiger partial charge in [-0.15, -0.1) is 0 Å². The van der Waals surface area contributed by atoms with Crippen molar-refractivity contribution >= 4 is 39.7 Å². The fourth-order valence-electron chi connectivity index (χ4n) is 22.7. The van der Waals surface area contributed by atoms with Crippen LogP contribution in [0.25, 0.3) is 33.4 Å². The zero-order chi connectivity index (χ0) is 93.4. The summed E-state index contributed by atoms with van der Waals surface area (Å²) in [5.41, 5.74) is 32.1. The molecule has 0 spiro atoms. The van der Waals surface area contributed by atoms with Crippen LogP contribution in [0.1, 0.15) is 498 Å². The predicted octanol–water partition coefficient (Wildman–Crippen LogP) is 39.9. The number of hydrogen-bond acceptors (Lipinski definition) is 4. The summed E-state index contributed by atoms with van der Waals surface area (Å²) >= 11 is 0. The van der Waals surface area contributed by atoms with Crippen molar-refractivity contribution in [1.29, 1.82) is 0 Å². The van der Waals surface area contributed by atoms with Crippen molar-refractivity contribution in [3.8, 4) is 56.4 Å². The van der Waals surface area contributed by atoms with E-state index in [9.17, 15) is 0 Å². The minimum atomic E-state index is -0.889. The van der Waals surface area contributed by atoms with Crippen LogP contribution in [0.5, 0.6) is 23.0 Å². The van der Waals surface area contributed by atoms with E-state index in [-0.39, 0.29) is 106 Å². The Labute approximate surface area is 896 Å². The fourth-order valence-corrected chi connectivity index (χ4v) is 36.5. The Balaban J connectivity index is 0. The Morgan fingerprint density at radius 3 is 0.635 bits per heavy atom. The molecule has 0 saturated heterocycles. The molecule has 10 heteroatoms. The molecular weight excluding hydrogens is 2000 g/mol. The maximum absolute atomic E-state index is 6.31. The normalized spacial score (nSPS) is 15.6. The number of unbranched alkanes of at least 4 members (excludes halogenated alkanes) is 1. The summed E-state index contributed by atoms with van der Waals surface area (Å²) in [6.45, 7) is 58.3. The second kappa shape index (κ2) is 70.0. The van der Waals surface area contributed by atoms with Gasteiger partial charge in [-0.1, -0.05) is 302 Å². The van der Waals surface area contributed by atoms with Gasteiger partial charge >= 0.3 is 61.3 Å². The first kappa shape index (κ1) is 136. The van der Waals surface area contributed by atoms with Crippen LogP contribution in [0.2, 0.25) is 0 Å². The van der Waals surface area contributed by atoms with Gasteiger partial charge < -0.3 is 63.5 Å². The summed E-state index contributed by atoms with van der Waals surface area (Å²) in [5, 5.41) is 4.87. The van der Waals surface area contributed by atoms with Gasteiger partial charge in [-0.3, -0.25) is 0 Å². The summed E-state index contributed by atoms with van der Waals surface area (Å²) in [6.07, 6.45) is 48.9. The van der Waals surface area contributed by atoms with Crippen molar-refractivity contribution in [1.82, 2.24) is 0 Å². The van der Waals surface area contributed by atoms with Crippen molar-refractivity contribution in [3.63, 3.8) is 0 Å². The van der Waals surface area contributed by atoms with Crippen LogP contribution in [0.15, 0.2) is 103 Å². The van der Waals surface area contributed by atoms with Crippen LogP contribution in [-0.2, 0) is 67.7 Å². The van der Waals surface area contributed by atoms with E-state index in [4.69, 9.17) is 18.9 Å². The number of methoxy groups -OCH3 is 4. The van der Waals surface area contributed by atoms with E-state index in [2.05, 4.69) is 276 Å². The minimum Gasteiger partial charge on any atom is -0.496 e. The van der Waals surface area contributed by atoms with Crippen molar-refractivity contribution in [2.24, 2.45) is 0 Å². The van der Waals surface area contributed by atoms with Crippen LogP contribution in [0, 0.1) is 58.4 Å². The molecule has 0 aliphatic heterocycles. The molecule has 0 aromatic heterocycles. The van der Waals surface area contributed by atoms with Crippen LogP contribution in [-0.4, -0.2) is 62.4 Å². The quantitative estimate of drug-likeness (QED) is 0.0278. The number of benzene rings is 7. The largest absolute Gasteiger partial charge is 2.00 e. The smallest absolute Gasteiger partial charge is 0.496 e. The molecule has 4 nitrogen and oxygen atoms in total. The van der Waals surface area contributed by atoms with Gasteiger partial charge in [0.15, 0.2) is 17.2 Å². The Morgan fingerprint density at radius 1 is 0.248 bits per heavy atom. The van der Waals surface area contributed by atoms with E-state index >= 15 is 0 Å². The number of aryl methyl sites for hydroxylation is 3. The average molecular weight is 2210 g/mol. The van der Waals surface area contributed by atoms with E-state index in [1.165, 1.54) is 292 Å². The monoisotopic (exact) mass is 2210 g/mol. The maximum Gasteiger partial charge on any atom is 2.00 e. The fraction of sp³-hybridized carbons (Fsp3) is 0.622. The molecule has 0 unspecified atom stereocenters. The standard InChI is InChI=1S/C35H53O2P.2C35H53OP.C9H12.C4H10.C3H8.6CH3.3Pd/c1-23(2)26-21-29(24(3)4)33(30(22-26)25(5)6)34-31(36-7)19-20-32(37-8)35(34)38(27-15-11-9-12-16-27)28-17-13-10-14-18-28;2*1-23(2)27-21-30(24(3)4)34(31(22-27)25(5)6)33-26(7)19-20-32(36-8)35(33)37(28-15-11-9-12-16-28)29-17-13-10-14-18-29;1-2-6-9-7-4-3-5-8-9;1-3-4-2;1-3-2;;;;;;;;;/h19-25,27-28H,9-18H2,1-8H3;2*19-25,28-29H,9-18H2,1-8H3;3-5,7-8H,2,6H2,1H3;3-4H2,1-2H3;3H2,1-2H3;6*1H3;;;/q;;;;;;6*-1;3*+2/p+3. The Hall–Kier alpha value is -2.98. The number of hydrogen-bond donors (Lipinski definition) is 0. The van der Waals surface area contributed by atoms with Gasteiger partial charge in [-0.25, -0.2) is 0 Å². The summed E-state index contributed by atoms with van der Waals surface area (Å²) in [7, 11) is 5.13. The number of ether oxygens (including phenoxy) is 4. The van der Waals surface area contributed by atoms with Gasteiger partial charge in [0.2, 0.25) is 0 Å². The third-order valence-corrected chi connectivity index (χ3v) is 41.9. The first-order chi connectivity index (χ1) is 61.5. The molecule has 7 aromatic rings. The van der Waals surface area contributed by atoms with Crippen molar-refractivity contribution in [2.45, 2.75) is 485 Å². The molecule has 0 atom stereocenters. The molecule has 0 bridgehead atoms. The van der Waals surface area contributed by atoms with Gasteiger partial charge in [0.25, 0.3) is 0 Å². The average Bonchev–Trinajstić information content (AvgIpc) is 0.749. The molecule has 6 saturated carbocycles. The molecule has 6 fully saturated rings. The summed E-state index contributed by atoms with van der Waals surface area (Å²) in [6, 6.07) is 39.5. The first-order valence-electron chi connectivity index (χ1n) is 53.3. The van der Waals surface area contributed by atoms with Crippen molar-refractivity contribution in [3.05, 3.63) is 214 Å². The van der Waals surface area contributed by atoms with Crippen LogP contribution in [0.4, 0.5) is 0 Å². The Kier molecular flexibility index (Phi) is 69.5. The number of rotatable bonds is 28. The minimum absolute atomic E-state index is 0. The summed E-state index contributed by atoms with van der Waals surface area (Å²) in [4.78, 5) is 0. The molecule has 6 aliphatic rings. The van der Waals surface area contributed by atoms with Gasteiger partial charge in [0.05, 0.1) is 68.0 Å². The third-order valence-electron chi connectivity index (χ3n) is 29.9. The summed E-state index contributed by atoms with van der Waals surface area (Å²) in [5.74, 6) is 8.94. The third kappa shape index (κ3) is 37.1. The zero-order valence-electron chi connectivity index (χ0n) is 94.8. The SMILES string of the molecule is CCC.CCCC.CCCc1ccccc1.COc1ccc(C)c(-c2c(C(C)C)cc(C(C)C)cc2C(C)C)c1[PH+](C1CCCCC1)C1CCCCC1.COc1ccc(C)c(-c2c(C(C)C)cc(C(C)C)cc2C(C)C)c1[PH+](C1CCCCC1)C1CCCCC1.COc1ccc(OC)c([PH+](C2CCCCC2)C2CCCCC2)c1-c1c(C(C)C)cc(C(C)C)cc1C(C)C.[CH3-].[CH3-].[CH3-].[CH3-].[CH3-].[CH3-].[Pd+2].[Pd+2].[Pd+2]. The first-order valence-corrected chi connectivity index (χ1v) is 58.3. The van der Waals surface area contributed by atoms with Crippen molar-refractivity contribution in [2.75, 3.05) is 28.4 Å². The van der Waals surface area contributed by atoms with E-state index in [0.717, 1.165) is 45.5 Å². The van der Waals surface area contributed by atoms with Gasteiger partial charge in [0, 0.05) is 34.9 Å². The van der Waals surface area contributed by atoms with E-state index in [0.29, 0.717) is 53.3 Å². The van der Waals surface area contributed by atoms with Gasteiger partial charge in [-0.05, 0) is 335 Å². The second-order valence-electron chi connectivity index (χ2n) is 42.8. The Morgan fingerprint density at radius 2 is 0.445 bits per heavy atom. The topological polar surface area (TPSA) is 36.9 Å². The molecule has 7 aromatic carbocycles. The molecule has 137 heavy (non-hydrogen) atoms. The molecule has 6 aliphatic carbocycles. The molecule has 0 amide bonds. The molecule has 784 valence electrons. The van der Waals surface area contributed by atoms with Crippen LogP contribution in [0.3, 0.4) is 0 Å². The Bertz CT molecular complexity index is 4070. The van der Waals surface area contributed by atoms with E-state index in [1.54, 1.807) is 60.4 Å². The molecule has 0 N–H and O–H groups in total. The molecule has 0 radical (unpaired) electrons. The maximum atomic E-state index is 6.31. The molecule has 13 rings (SSSR count). The van der Waals surface area contributed by atoms with Crippen LogP contribution < -0.4 is 34.9 Å². The van der Waals surface area contributed by atoms with E-state index in [1.807, 2.05) is 28.4 Å². The molecule has 0 heterocycles.